The predicted molar refractivity (Wildman–Crippen MR) is 88.2 cm³/mol. The first-order chi connectivity index (χ1) is 9.94. The van der Waals surface area contributed by atoms with Gasteiger partial charge < -0.3 is 4.74 Å². The van der Waals surface area contributed by atoms with E-state index in [4.69, 9.17) is 4.74 Å². The van der Waals surface area contributed by atoms with Gasteiger partial charge in [0, 0.05) is 12.5 Å². The molecule has 2 nitrogen and oxygen atoms in total. The van der Waals surface area contributed by atoms with Crippen molar-refractivity contribution in [1.29, 1.82) is 0 Å². The maximum Gasteiger partial charge on any atom is 0.314 e. The summed E-state index contributed by atoms with van der Waals surface area (Å²) in [5.74, 6) is 3.62. The number of hydrogen-bond donors (Lipinski definition) is 0. The maximum atomic E-state index is 12.1. The van der Waals surface area contributed by atoms with Gasteiger partial charge in [-0.05, 0) is 18.4 Å². The Hall–Kier alpha value is -1.79. The van der Waals surface area contributed by atoms with Gasteiger partial charge in [0.1, 0.15) is 13.8 Å². The Kier molecular flexibility index (Phi) is 5.03. The van der Waals surface area contributed by atoms with Gasteiger partial charge in [-0.2, -0.15) is 0 Å². The zero-order valence-corrected chi connectivity index (χ0v) is 14.0. The fourth-order valence-corrected chi connectivity index (χ4v) is 2.72. The SMILES string of the molecule is C[Si](C)(C)C#CC=C1CCC(Cc2ccccc2)C(=O)O1. The summed E-state index contributed by atoms with van der Waals surface area (Å²) in [5, 5.41) is 0. The third-order valence-electron chi connectivity index (χ3n) is 3.31. The summed E-state index contributed by atoms with van der Waals surface area (Å²) < 4.78 is 5.42. The van der Waals surface area contributed by atoms with Crippen LogP contribution in [-0.4, -0.2) is 14.0 Å². The fraction of sp³-hybridized carbons (Fsp3) is 0.389. The van der Waals surface area contributed by atoms with Crippen molar-refractivity contribution in [2.45, 2.75) is 38.9 Å². The van der Waals surface area contributed by atoms with Gasteiger partial charge in [-0.1, -0.05) is 55.9 Å². The lowest BCUT2D eigenvalue weighted by Gasteiger charge is -2.22. The molecule has 2 rings (SSSR count). The monoisotopic (exact) mass is 298 g/mol. The molecule has 3 heteroatoms. The maximum absolute atomic E-state index is 12.1. The van der Waals surface area contributed by atoms with Gasteiger partial charge in [0.25, 0.3) is 0 Å². The molecule has 1 unspecified atom stereocenters. The highest BCUT2D eigenvalue weighted by molar-refractivity contribution is 6.83. The Morgan fingerprint density at radius 2 is 2.00 bits per heavy atom. The molecule has 0 aliphatic carbocycles. The second kappa shape index (κ2) is 6.78. The highest BCUT2D eigenvalue weighted by atomic mass is 28.3. The average molecular weight is 298 g/mol. The first kappa shape index (κ1) is 15.6. The molecule has 0 saturated carbocycles. The first-order valence-corrected chi connectivity index (χ1v) is 10.9. The number of benzene rings is 1. The van der Waals surface area contributed by atoms with E-state index in [1.807, 2.05) is 18.2 Å². The largest absolute Gasteiger partial charge is 0.430 e. The number of carbonyl (C=O) groups is 1. The number of rotatable bonds is 2. The molecule has 1 atom stereocenters. The molecule has 1 saturated heterocycles. The first-order valence-electron chi connectivity index (χ1n) is 7.41. The van der Waals surface area contributed by atoms with Crippen molar-refractivity contribution >= 4 is 14.0 Å². The van der Waals surface area contributed by atoms with E-state index in [2.05, 4.69) is 43.2 Å². The van der Waals surface area contributed by atoms with Crippen LogP contribution in [0.5, 0.6) is 0 Å². The molecule has 0 bridgehead atoms. The quantitative estimate of drug-likeness (QED) is 0.469. The van der Waals surface area contributed by atoms with Crippen molar-refractivity contribution in [1.82, 2.24) is 0 Å². The Labute approximate surface area is 128 Å². The van der Waals surface area contributed by atoms with Gasteiger partial charge in [0.15, 0.2) is 0 Å². The molecule has 1 aromatic carbocycles. The second-order valence-corrected chi connectivity index (χ2v) is 11.2. The molecular formula is C18H22O2Si. The van der Waals surface area contributed by atoms with Gasteiger partial charge in [-0.3, -0.25) is 4.79 Å². The summed E-state index contributed by atoms with van der Waals surface area (Å²) in [6, 6.07) is 10.1. The number of hydrogen-bond acceptors (Lipinski definition) is 2. The number of carbonyl (C=O) groups excluding carboxylic acids is 1. The van der Waals surface area contributed by atoms with Crippen LogP contribution >= 0.6 is 0 Å². The van der Waals surface area contributed by atoms with Gasteiger partial charge in [-0.25, -0.2) is 0 Å². The molecule has 1 heterocycles. The van der Waals surface area contributed by atoms with E-state index in [1.54, 1.807) is 6.08 Å². The molecule has 21 heavy (non-hydrogen) atoms. The van der Waals surface area contributed by atoms with Crippen molar-refractivity contribution in [2.24, 2.45) is 5.92 Å². The van der Waals surface area contributed by atoms with Crippen LogP contribution in [0, 0.1) is 17.4 Å². The molecule has 110 valence electrons. The summed E-state index contributed by atoms with van der Waals surface area (Å²) in [4.78, 5) is 12.1. The van der Waals surface area contributed by atoms with Gasteiger partial charge in [0.2, 0.25) is 0 Å². The van der Waals surface area contributed by atoms with E-state index in [9.17, 15) is 4.79 Å². The van der Waals surface area contributed by atoms with Crippen molar-refractivity contribution in [3.05, 3.63) is 47.7 Å². The molecule has 1 aromatic rings. The third kappa shape index (κ3) is 5.24. The molecule has 1 fully saturated rings. The van der Waals surface area contributed by atoms with Crippen LogP contribution < -0.4 is 0 Å². The highest BCUT2D eigenvalue weighted by Crippen LogP contribution is 2.25. The smallest absolute Gasteiger partial charge is 0.314 e. The van der Waals surface area contributed by atoms with Crippen molar-refractivity contribution in [2.75, 3.05) is 0 Å². The minimum atomic E-state index is -1.37. The average Bonchev–Trinajstić information content (AvgIpc) is 2.41. The Balaban J connectivity index is 1.94. The van der Waals surface area contributed by atoms with Gasteiger partial charge in [-0.15, -0.1) is 5.54 Å². The highest BCUT2D eigenvalue weighted by Gasteiger charge is 2.26. The summed E-state index contributed by atoms with van der Waals surface area (Å²) in [5.41, 5.74) is 4.44. The van der Waals surface area contributed by atoms with E-state index in [0.717, 1.165) is 25.0 Å². The predicted octanol–water partition coefficient (Wildman–Crippen LogP) is 3.95. The minimum Gasteiger partial charge on any atom is -0.430 e. The number of allylic oxidation sites excluding steroid dienone is 2. The molecule has 1 aliphatic rings. The number of ether oxygens (including phenoxy) is 1. The summed E-state index contributed by atoms with van der Waals surface area (Å²) in [6.45, 7) is 6.59. The van der Waals surface area contributed by atoms with Crippen LogP contribution in [0.2, 0.25) is 19.6 Å². The van der Waals surface area contributed by atoms with E-state index in [1.165, 1.54) is 5.56 Å². The number of esters is 1. The normalized spacial score (nSPS) is 20.6. The number of cyclic esters (lactones) is 1. The lowest BCUT2D eigenvalue weighted by molar-refractivity contribution is -0.147. The molecule has 0 aromatic heterocycles. The molecule has 0 amide bonds. The molecule has 0 N–H and O–H groups in total. The van der Waals surface area contributed by atoms with Crippen LogP contribution in [-0.2, 0) is 16.0 Å². The summed E-state index contributed by atoms with van der Waals surface area (Å²) >= 11 is 0. The third-order valence-corrected chi connectivity index (χ3v) is 4.20. The molecule has 0 spiro atoms. The Morgan fingerprint density at radius 3 is 2.62 bits per heavy atom. The van der Waals surface area contributed by atoms with Crippen LogP contribution in [0.15, 0.2) is 42.2 Å². The van der Waals surface area contributed by atoms with E-state index in [0.29, 0.717) is 0 Å². The van der Waals surface area contributed by atoms with Crippen LogP contribution in [0.25, 0.3) is 0 Å². The minimum absolute atomic E-state index is 0.0329. The van der Waals surface area contributed by atoms with Crippen LogP contribution in [0.1, 0.15) is 18.4 Å². The molecule has 1 aliphatic heterocycles. The van der Waals surface area contributed by atoms with Crippen molar-refractivity contribution in [3.8, 4) is 11.5 Å². The van der Waals surface area contributed by atoms with Gasteiger partial charge in [0.05, 0.1) is 5.92 Å². The second-order valence-electron chi connectivity index (χ2n) is 6.48. The summed E-state index contributed by atoms with van der Waals surface area (Å²) in [7, 11) is -1.37. The lowest BCUT2D eigenvalue weighted by atomic mass is 9.92. The van der Waals surface area contributed by atoms with Crippen LogP contribution in [0.4, 0.5) is 0 Å². The van der Waals surface area contributed by atoms with E-state index >= 15 is 0 Å². The topological polar surface area (TPSA) is 26.3 Å². The lowest BCUT2D eigenvalue weighted by Crippen LogP contribution is -2.24. The standard InChI is InChI=1S/C18H22O2Si/c1-21(2,3)13-7-10-17-12-11-16(18(19)20-17)14-15-8-5-4-6-9-15/h4-6,8-10,16H,11-12,14H2,1-3H3. The van der Waals surface area contributed by atoms with Gasteiger partial charge >= 0.3 is 5.97 Å². The fourth-order valence-electron chi connectivity index (χ4n) is 2.22. The van der Waals surface area contributed by atoms with Crippen molar-refractivity contribution < 1.29 is 9.53 Å². The van der Waals surface area contributed by atoms with Crippen molar-refractivity contribution in [3.63, 3.8) is 0 Å². The van der Waals surface area contributed by atoms with E-state index in [-0.39, 0.29) is 11.9 Å². The summed E-state index contributed by atoms with van der Waals surface area (Å²) in [6.07, 6.45) is 4.17. The molecule has 0 radical (unpaired) electrons. The zero-order chi connectivity index (χ0) is 15.3. The molecular weight excluding hydrogens is 276 g/mol. The Bertz CT molecular complexity index is 585. The zero-order valence-electron chi connectivity index (χ0n) is 13.0. The van der Waals surface area contributed by atoms with Crippen LogP contribution in [0.3, 0.4) is 0 Å². The Morgan fingerprint density at radius 1 is 1.29 bits per heavy atom. The van der Waals surface area contributed by atoms with E-state index < -0.39 is 8.07 Å².